The molecular weight excluding hydrogens is 348 g/mol. The average molecular weight is 366 g/mol. The van der Waals surface area contributed by atoms with E-state index < -0.39 is 0 Å². The van der Waals surface area contributed by atoms with Crippen LogP contribution in [-0.2, 0) is 4.74 Å². The van der Waals surface area contributed by atoms with Crippen LogP contribution >= 0.6 is 23.1 Å². The Labute approximate surface area is 148 Å². The molecule has 0 amide bonds. The molecule has 2 aromatic rings. The van der Waals surface area contributed by atoms with E-state index in [-0.39, 0.29) is 22.0 Å². The molecule has 24 heavy (non-hydrogen) atoms. The fourth-order valence-corrected chi connectivity index (χ4v) is 4.47. The van der Waals surface area contributed by atoms with Crippen LogP contribution in [-0.4, -0.2) is 34.4 Å². The van der Waals surface area contributed by atoms with E-state index in [2.05, 4.69) is 15.5 Å². The fraction of sp³-hybridized carbons (Fsp3) is 0.467. The topological polar surface area (TPSA) is 90.2 Å². The quantitative estimate of drug-likeness (QED) is 0.451. The molecule has 128 valence electrons. The Morgan fingerprint density at radius 1 is 1.54 bits per heavy atom. The SMILES string of the molecule is CC(Sc1nnc(NCC2CCCO2)s1)c1cccc([N+](=O)[O-])c1. The maximum atomic E-state index is 10.9. The number of aromatic nitrogens is 2. The predicted molar refractivity (Wildman–Crippen MR) is 94.7 cm³/mol. The molecule has 0 bridgehead atoms. The van der Waals surface area contributed by atoms with Crippen molar-refractivity contribution in [3.05, 3.63) is 39.9 Å². The van der Waals surface area contributed by atoms with Crippen LogP contribution in [0.3, 0.4) is 0 Å². The van der Waals surface area contributed by atoms with Crippen molar-refractivity contribution in [3.63, 3.8) is 0 Å². The van der Waals surface area contributed by atoms with Crippen molar-refractivity contribution in [1.29, 1.82) is 0 Å². The second-order valence-electron chi connectivity index (χ2n) is 5.50. The predicted octanol–water partition coefficient (Wildman–Crippen LogP) is 3.89. The van der Waals surface area contributed by atoms with Crippen molar-refractivity contribution in [2.24, 2.45) is 0 Å². The van der Waals surface area contributed by atoms with Gasteiger partial charge in [0.1, 0.15) is 0 Å². The molecule has 7 nitrogen and oxygen atoms in total. The highest BCUT2D eigenvalue weighted by Gasteiger charge is 2.17. The van der Waals surface area contributed by atoms with Gasteiger partial charge in [0.2, 0.25) is 5.13 Å². The van der Waals surface area contributed by atoms with E-state index in [1.54, 1.807) is 23.9 Å². The Hall–Kier alpha value is -1.71. The molecule has 1 aromatic heterocycles. The van der Waals surface area contributed by atoms with Gasteiger partial charge in [-0.3, -0.25) is 10.1 Å². The van der Waals surface area contributed by atoms with E-state index >= 15 is 0 Å². The number of nitrogens with zero attached hydrogens (tertiary/aromatic N) is 3. The first-order valence-corrected chi connectivity index (χ1v) is 9.41. The number of ether oxygens (including phenoxy) is 1. The Balaban J connectivity index is 1.57. The van der Waals surface area contributed by atoms with Gasteiger partial charge < -0.3 is 10.1 Å². The first-order chi connectivity index (χ1) is 11.6. The number of hydrogen-bond acceptors (Lipinski definition) is 8. The van der Waals surface area contributed by atoms with Crippen LogP contribution in [0.1, 0.15) is 30.6 Å². The van der Waals surface area contributed by atoms with Crippen LogP contribution in [0.4, 0.5) is 10.8 Å². The van der Waals surface area contributed by atoms with Gasteiger partial charge in [-0.2, -0.15) is 0 Å². The minimum Gasteiger partial charge on any atom is -0.376 e. The standard InChI is InChI=1S/C15H18N4O3S2/c1-10(11-4-2-5-12(8-11)19(20)21)23-15-18-17-14(24-15)16-9-13-6-3-7-22-13/h2,4-5,8,10,13H,3,6-7,9H2,1H3,(H,16,17). The van der Waals surface area contributed by atoms with Gasteiger partial charge in [0, 0.05) is 30.5 Å². The normalized spacial score (nSPS) is 18.5. The molecule has 0 aliphatic carbocycles. The highest BCUT2D eigenvalue weighted by molar-refractivity contribution is 8.01. The Kier molecular flexibility index (Phi) is 5.64. The van der Waals surface area contributed by atoms with Gasteiger partial charge in [-0.15, -0.1) is 10.2 Å². The van der Waals surface area contributed by atoms with Crippen molar-refractivity contribution in [3.8, 4) is 0 Å². The maximum absolute atomic E-state index is 10.9. The molecule has 1 aromatic carbocycles. The van der Waals surface area contributed by atoms with Crippen molar-refractivity contribution in [2.45, 2.75) is 35.5 Å². The van der Waals surface area contributed by atoms with Crippen molar-refractivity contribution in [2.75, 3.05) is 18.5 Å². The fourth-order valence-electron chi connectivity index (χ4n) is 2.45. The number of benzene rings is 1. The summed E-state index contributed by atoms with van der Waals surface area (Å²) >= 11 is 3.04. The molecule has 1 N–H and O–H groups in total. The van der Waals surface area contributed by atoms with Crippen LogP contribution in [0.25, 0.3) is 0 Å². The van der Waals surface area contributed by atoms with Crippen LogP contribution in [0.15, 0.2) is 28.6 Å². The number of thioether (sulfide) groups is 1. The van der Waals surface area contributed by atoms with Gasteiger partial charge in [-0.25, -0.2) is 0 Å². The zero-order valence-corrected chi connectivity index (χ0v) is 14.8. The van der Waals surface area contributed by atoms with Crippen LogP contribution in [0.2, 0.25) is 0 Å². The van der Waals surface area contributed by atoms with E-state index in [1.807, 2.05) is 13.0 Å². The lowest BCUT2D eigenvalue weighted by molar-refractivity contribution is -0.384. The summed E-state index contributed by atoms with van der Waals surface area (Å²) in [5.74, 6) is 0. The van der Waals surface area contributed by atoms with E-state index in [0.717, 1.165) is 41.0 Å². The summed E-state index contributed by atoms with van der Waals surface area (Å²) in [5, 5.41) is 23.3. The van der Waals surface area contributed by atoms with Gasteiger partial charge in [0.15, 0.2) is 4.34 Å². The van der Waals surface area contributed by atoms with E-state index in [1.165, 1.54) is 17.4 Å². The van der Waals surface area contributed by atoms with Gasteiger partial charge in [0.25, 0.3) is 5.69 Å². The molecule has 1 aliphatic rings. The maximum Gasteiger partial charge on any atom is 0.269 e. The molecule has 9 heteroatoms. The number of non-ortho nitro benzene ring substituents is 1. The number of hydrogen-bond donors (Lipinski definition) is 1. The molecule has 3 rings (SSSR count). The van der Waals surface area contributed by atoms with Crippen LogP contribution in [0, 0.1) is 10.1 Å². The summed E-state index contributed by atoms with van der Waals surface area (Å²) in [6.07, 6.45) is 2.45. The van der Waals surface area contributed by atoms with Gasteiger partial charge >= 0.3 is 0 Å². The van der Waals surface area contributed by atoms with Crippen molar-refractivity contribution >= 4 is 33.9 Å². The Morgan fingerprint density at radius 3 is 3.17 bits per heavy atom. The molecular formula is C15H18N4O3S2. The number of nitro groups is 1. The monoisotopic (exact) mass is 366 g/mol. The van der Waals surface area contributed by atoms with E-state index in [4.69, 9.17) is 4.74 Å². The lowest BCUT2D eigenvalue weighted by Gasteiger charge is -2.09. The second-order valence-corrected chi connectivity index (χ2v) is 8.07. The zero-order chi connectivity index (χ0) is 16.9. The molecule has 1 saturated heterocycles. The largest absolute Gasteiger partial charge is 0.376 e. The summed E-state index contributed by atoms with van der Waals surface area (Å²) in [4.78, 5) is 10.5. The number of rotatable bonds is 7. The third kappa shape index (κ3) is 4.43. The molecule has 0 saturated carbocycles. The molecule has 1 fully saturated rings. The smallest absolute Gasteiger partial charge is 0.269 e. The lowest BCUT2D eigenvalue weighted by Crippen LogP contribution is -2.18. The first-order valence-electron chi connectivity index (χ1n) is 7.72. The van der Waals surface area contributed by atoms with E-state index in [0.29, 0.717) is 0 Å². The molecule has 0 spiro atoms. The highest BCUT2D eigenvalue weighted by Crippen LogP contribution is 2.38. The highest BCUT2D eigenvalue weighted by atomic mass is 32.2. The molecule has 2 heterocycles. The number of anilines is 1. The molecule has 1 aliphatic heterocycles. The zero-order valence-electron chi connectivity index (χ0n) is 13.2. The summed E-state index contributed by atoms with van der Waals surface area (Å²) in [6.45, 7) is 3.59. The lowest BCUT2D eigenvalue weighted by atomic mass is 10.1. The minimum absolute atomic E-state index is 0.0591. The van der Waals surface area contributed by atoms with Gasteiger partial charge in [-0.05, 0) is 25.3 Å². The summed E-state index contributed by atoms with van der Waals surface area (Å²) in [5.41, 5.74) is 1.01. The third-order valence-corrected chi connectivity index (χ3v) is 5.86. The first kappa shape index (κ1) is 17.1. The van der Waals surface area contributed by atoms with Crippen LogP contribution in [0.5, 0.6) is 0 Å². The van der Waals surface area contributed by atoms with Crippen LogP contribution < -0.4 is 5.32 Å². The molecule has 2 atom stereocenters. The third-order valence-electron chi connectivity index (χ3n) is 3.74. The summed E-state index contributed by atoms with van der Waals surface area (Å²) < 4.78 is 6.40. The number of nitrogens with one attached hydrogen (secondary N) is 1. The molecule has 0 radical (unpaired) electrons. The summed E-state index contributed by atoms with van der Waals surface area (Å²) in [6, 6.07) is 6.70. The van der Waals surface area contributed by atoms with Crippen molar-refractivity contribution in [1.82, 2.24) is 10.2 Å². The minimum atomic E-state index is -0.376. The van der Waals surface area contributed by atoms with Crippen molar-refractivity contribution < 1.29 is 9.66 Å². The van der Waals surface area contributed by atoms with Gasteiger partial charge in [-0.1, -0.05) is 35.2 Å². The number of nitro benzene ring substituents is 1. The van der Waals surface area contributed by atoms with E-state index in [9.17, 15) is 10.1 Å². The Morgan fingerprint density at radius 2 is 2.42 bits per heavy atom. The molecule has 2 unspecified atom stereocenters. The average Bonchev–Trinajstić information content (AvgIpc) is 3.24. The van der Waals surface area contributed by atoms with Gasteiger partial charge in [0.05, 0.1) is 11.0 Å². The summed E-state index contributed by atoms with van der Waals surface area (Å²) in [7, 11) is 0. The second kappa shape index (κ2) is 7.91. The Bertz CT molecular complexity index is 704.